The predicted molar refractivity (Wildman–Crippen MR) is 118 cm³/mol. The predicted octanol–water partition coefficient (Wildman–Crippen LogP) is 4.04. The van der Waals surface area contributed by atoms with E-state index in [1.807, 2.05) is 35.4 Å². The van der Waals surface area contributed by atoms with E-state index in [4.69, 9.17) is 0 Å². The van der Waals surface area contributed by atoms with Gasteiger partial charge < -0.3 is 9.80 Å². The maximum Gasteiger partial charge on any atom is 0.253 e. The van der Waals surface area contributed by atoms with Gasteiger partial charge in [0.25, 0.3) is 5.91 Å². The molecule has 0 N–H and O–H groups in total. The third kappa shape index (κ3) is 5.11. The topological polar surface area (TPSA) is 39.7 Å². The van der Waals surface area contributed by atoms with Gasteiger partial charge in [-0.1, -0.05) is 19.1 Å². The quantitative estimate of drug-likeness (QED) is 0.673. The van der Waals surface area contributed by atoms with Crippen LogP contribution in [-0.2, 0) is 6.54 Å². The van der Waals surface area contributed by atoms with E-state index in [0.29, 0.717) is 6.04 Å². The molecule has 0 bridgehead atoms. The molecule has 2 heterocycles. The lowest BCUT2D eigenvalue weighted by Gasteiger charge is -2.35. The molecule has 1 aromatic heterocycles. The minimum absolute atomic E-state index is 0.117. The highest BCUT2D eigenvalue weighted by Crippen LogP contribution is 2.18. The van der Waals surface area contributed by atoms with Gasteiger partial charge >= 0.3 is 0 Å². The molecule has 150 valence electrons. The first-order chi connectivity index (χ1) is 13.5. The number of rotatable bonds is 6. The highest BCUT2D eigenvalue weighted by Gasteiger charge is 2.23. The van der Waals surface area contributed by atoms with Gasteiger partial charge in [0.1, 0.15) is 5.82 Å². The Morgan fingerprint density at radius 1 is 1.11 bits per heavy atom. The lowest BCUT2D eigenvalue weighted by Crippen LogP contribution is -2.49. The Balaban J connectivity index is 1.57. The van der Waals surface area contributed by atoms with Gasteiger partial charge in [-0.3, -0.25) is 9.69 Å². The minimum Gasteiger partial charge on any atom is -0.353 e. The summed E-state index contributed by atoms with van der Waals surface area (Å²) in [5, 5.41) is 0. The summed E-state index contributed by atoms with van der Waals surface area (Å²) in [7, 11) is 0. The van der Waals surface area contributed by atoms with Gasteiger partial charge in [0, 0.05) is 55.0 Å². The Labute approximate surface area is 176 Å². The summed E-state index contributed by atoms with van der Waals surface area (Å²) < 4.78 is 0.976. The summed E-state index contributed by atoms with van der Waals surface area (Å²) in [6.45, 7) is 11.6. The third-order valence-corrected chi connectivity index (χ3v) is 5.79. The number of amides is 1. The summed E-state index contributed by atoms with van der Waals surface area (Å²) in [5.74, 6) is 1.08. The number of aromatic nitrogens is 1. The fourth-order valence-corrected chi connectivity index (χ4v) is 3.76. The molecule has 1 aliphatic heterocycles. The van der Waals surface area contributed by atoms with E-state index < -0.39 is 0 Å². The van der Waals surface area contributed by atoms with Crippen LogP contribution in [0.5, 0.6) is 0 Å². The number of pyridine rings is 1. The van der Waals surface area contributed by atoms with Crippen molar-refractivity contribution in [2.75, 3.05) is 37.6 Å². The summed E-state index contributed by atoms with van der Waals surface area (Å²) in [6, 6.07) is 12.6. The zero-order valence-corrected chi connectivity index (χ0v) is 18.5. The SMILES string of the molecule is CCN(Cc1ccc(C(=O)N2CCN(c3ccc(Br)cn3)CC2)cc1)C(C)C. The number of anilines is 1. The van der Waals surface area contributed by atoms with E-state index in [2.05, 4.69) is 63.6 Å². The number of carbonyl (C=O) groups excluding carboxylic acids is 1. The van der Waals surface area contributed by atoms with Crippen LogP contribution in [0.4, 0.5) is 5.82 Å². The number of halogens is 1. The number of piperazine rings is 1. The number of hydrogen-bond acceptors (Lipinski definition) is 4. The normalized spacial score (nSPS) is 14.8. The molecule has 0 radical (unpaired) electrons. The van der Waals surface area contributed by atoms with Gasteiger partial charge in [-0.2, -0.15) is 0 Å². The van der Waals surface area contributed by atoms with Gasteiger partial charge in [0.05, 0.1) is 0 Å². The van der Waals surface area contributed by atoms with Crippen LogP contribution in [0.3, 0.4) is 0 Å². The van der Waals surface area contributed by atoms with Gasteiger partial charge in [-0.25, -0.2) is 4.98 Å². The number of nitrogens with zero attached hydrogens (tertiary/aromatic N) is 4. The number of benzene rings is 1. The second-order valence-electron chi connectivity index (χ2n) is 7.47. The first-order valence-electron chi connectivity index (χ1n) is 9.96. The Bertz CT molecular complexity index is 768. The maximum absolute atomic E-state index is 12.9. The van der Waals surface area contributed by atoms with E-state index >= 15 is 0 Å². The zero-order chi connectivity index (χ0) is 20.1. The molecule has 1 saturated heterocycles. The molecule has 0 aliphatic carbocycles. The molecule has 0 saturated carbocycles. The highest BCUT2D eigenvalue weighted by atomic mass is 79.9. The lowest BCUT2D eigenvalue weighted by molar-refractivity contribution is 0.0746. The van der Waals surface area contributed by atoms with Crippen molar-refractivity contribution in [2.45, 2.75) is 33.4 Å². The number of hydrogen-bond donors (Lipinski definition) is 0. The smallest absolute Gasteiger partial charge is 0.253 e. The van der Waals surface area contributed by atoms with Crippen molar-refractivity contribution < 1.29 is 4.79 Å². The van der Waals surface area contributed by atoms with Crippen LogP contribution in [-0.4, -0.2) is 59.5 Å². The average Bonchev–Trinajstić information content (AvgIpc) is 2.72. The van der Waals surface area contributed by atoms with E-state index in [9.17, 15) is 4.79 Å². The van der Waals surface area contributed by atoms with Crippen molar-refractivity contribution in [3.8, 4) is 0 Å². The van der Waals surface area contributed by atoms with Gasteiger partial charge in [0.2, 0.25) is 0 Å². The summed E-state index contributed by atoms with van der Waals surface area (Å²) in [4.78, 5) is 23.9. The van der Waals surface area contributed by atoms with Crippen LogP contribution in [0, 0.1) is 0 Å². The van der Waals surface area contributed by atoms with E-state index in [1.165, 1.54) is 5.56 Å². The second kappa shape index (κ2) is 9.52. The summed E-state index contributed by atoms with van der Waals surface area (Å²) >= 11 is 3.42. The van der Waals surface area contributed by atoms with E-state index in [0.717, 1.165) is 55.1 Å². The monoisotopic (exact) mass is 444 g/mol. The fourth-order valence-electron chi connectivity index (χ4n) is 3.52. The molecule has 28 heavy (non-hydrogen) atoms. The fraction of sp³-hybridized carbons (Fsp3) is 0.455. The molecule has 1 aliphatic rings. The molecule has 0 spiro atoms. The largest absolute Gasteiger partial charge is 0.353 e. The highest BCUT2D eigenvalue weighted by molar-refractivity contribution is 9.10. The molecule has 3 rings (SSSR count). The molecular weight excluding hydrogens is 416 g/mol. The van der Waals surface area contributed by atoms with Crippen molar-refractivity contribution in [2.24, 2.45) is 0 Å². The zero-order valence-electron chi connectivity index (χ0n) is 16.9. The lowest BCUT2D eigenvalue weighted by atomic mass is 10.1. The van der Waals surface area contributed by atoms with Crippen LogP contribution < -0.4 is 4.90 Å². The van der Waals surface area contributed by atoms with Gasteiger partial charge in [-0.05, 0) is 66.2 Å². The van der Waals surface area contributed by atoms with Crippen LogP contribution in [0.15, 0.2) is 47.1 Å². The van der Waals surface area contributed by atoms with Crippen LogP contribution in [0.25, 0.3) is 0 Å². The third-order valence-electron chi connectivity index (χ3n) is 5.33. The van der Waals surface area contributed by atoms with E-state index in [1.54, 1.807) is 0 Å². The van der Waals surface area contributed by atoms with Gasteiger partial charge in [-0.15, -0.1) is 0 Å². The van der Waals surface area contributed by atoms with Crippen LogP contribution in [0.1, 0.15) is 36.7 Å². The van der Waals surface area contributed by atoms with Gasteiger partial charge in [0.15, 0.2) is 0 Å². The summed E-state index contributed by atoms with van der Waals surface area (Å²) in [6.07, 6.45) is 1.81. The molecule has 0 atom stereocenters. The van der Waals surface area contributed by atoms with Crippen molar-refractivity contribution in [3.63, 3.8) is 0 Å². The minimum atomic E-state index is 0.117. The molecule has 1 aromatic carbocycles. The first kappa shape index (κ1) is 20.8. The Morgan fingerprint density at radius 2 is 1.79 bits per heavy atom. The molecular formula is C22H29BrN4O. The van der Waals surface area contributed by atoms with Crippen molar-refractivity contribution >= 4 is 27.7 Å². The standard InChI is InChI=1S/C22H29BrN4O/c1-4-25(17(2)3)16-18-5-7-19(8-6-18)22(28)27-13-11-26(12-14-27)21-10-9-20(23)15-24-21/h5-10,15,17H,4,11-14,16H2,1-3H3. The molecule has 1 fully saturated rings. The first-order valence-corrected chi connectivity index (χ1v) is 10.8. The van der Waals surface area contributed by atoms with Crippen molar-refractivity contribution in [3.05, 3.63) is 58.2 Å². The summed E-state index contributed by atoms with van der Waals surface area (Å²) in [5.41, 5.74) is 2.02. The molecule has 6 heteroatoms. The Hall–Kier alpha value is -1.92. The van der Waals surface area contributed by atoms with Crippen LogP contribution >= 0.6 is 15.9 Å². The molecule has 5 nitrogen and oxygen atoms in total. The average molecular weight is 445 g/mol. The van der Waals surface area contributed by atoms with Crippen molar-refractivity contribution in [1.29, 1.82) is 0 Å². The molecule has 0 unspecified atom stereocenters. The van der Waals surface area contributed by atoms with E-state index in [-0.39, 0.29) is 5.91 Å². The van der Waals surface area contributed by atoms with Crippen LogP contribution in [0.2, 0.25) is 0 Å². The molecule has 2 aromatic rings. The second-order valence-corrected chi connectivity index (χ2v) is 8.38. The Kier molecular flexibility index (Phi) is 7.08. The Morgan fingerprint density at radius 3 is 2.32 bits per heavy atom. The number of carbonyl (C=O) groups is 1. The maximum atomic E-state index is 12.9. The molecule has 1 amide bonds. The van der Waals surface area contributed by atoms with Crippen molar-refractivity contribution in [1.82, 2.24) is 14.8 Å².